The van der Waals surface area contributed by atoms with Gasteiger partial charge in [0.05, 0.1) is 0 Å². The van der Waals surface area contributed by atoms with Crippen LogP contribution in [-0.2, 0) is 0 Å². The largest absolute Gasteiger partial charge is 0.347 e. The first-order valence-electron chi connectivity index (χ1n) is 7.95. The number of amides is 1. The molecule has 0 bridgehead atoms. The molecular weight excluding hydrogens is 250 g/mol. The van der Waals surface area contributed by atoms with Gasteiger partial charge in [0.25, 0.3) is 5.91 Å². The molecule has 2 fully saturated rings. The molecule has 1 spiro atoms. The molecule has 110 valence electrons. The normalized spacial score (nSPS) is 25.0. The van der Waals surface area contributed by atoms with E-state index in [0.717, 1.165) is 17.7 Å². The smallest absolute Gasteiger partial charge is 0.272 e. The average Bonchev–Trinajstić information content (AvgIpc) is 3.02. The number of aromatic amines is 1. The predicted molar refractivity (Wildman–Crippen MR) is 78.7 cm³/mol. The Labute approximate surface area is 120 Å². The predicted octanol–water partition coefficient (Wildman–Crippen LogP) is 3.26. The highest BCUT2D eigenvalue weighted by Crippen LogP contribution is 2.49. The van der Waals surface area contributed by atoms with Crippen molar-refractivity contribution in [1.82, 2.24) is 15.5 Å². The molecule has 4 nitrogen and oxygen atoms in total. The Kier molecular flexibility index (Phi) is 3.57. The van der Waals surface area contributed by atoms with Gasteiger partial charge < -0.3 is 5.32 Å². The fourth-order valence-corrected chi connectivity index (χ4v) is 4.14. The molecule has 1 aromatic rings. The van der Waals surface area contributed by atoms with Crippen LogP contribution in [0.1, 0.15) is 73.1 Å². The van der Waals surface area contributed by atoms with E-state index < -0.39 is 0 Å². The fourth-order valence-electron chi connectivity index (χ4n) is 4.14. The van der Waals surface area contributed by atoms with Gasteiger partial charge in [-0.25, -0.2) is 0 Å². The second kappa shape index (κ2) is 5.23. The van der Waals surface area contributed by atoms with Crippen molar-refractivity contribution in [3.8, 4) is 0 Å². The van der Waals surface area contributed by atoms with Gasteiger partial charge in [0.1, 0.15) is 0 Å². The number of hydrogen-bond donors (Lipinski definition) is 2. The summed E-state index contributed by atoms with van der Waals surface area (Å²) in [5, 5.41) is 10.4. The second-order valence-electron chi connectivity index (χ2n) is 6.66. The van der Waals surface area contributed by atoms with Crippen LogP contribution in [0.15, 0.2) is 0 Å². The molecule has 0 radical (unpaired) electrons. The SMILES string of the molecule is Cc1[nH]nc(C(=O)NC2CCCCC23CCCC3)c1C. The topological polar surface area (TPSA) is 57.8 Å². The maximum Gasteiger partial charge on any atom is 0.272 e. The Morgan fingerprint density at radius 1 is 1.20 bits per heavy atom. The van der Waals surface area contributed by atoms with Crippen LogP contribution in [0, 0.1) is 19.3 Å². The van der Waals surface area contributed by atoms with Gasteiger partial charge in [-0.15, -0.1) is 0 Å². The van der Waals surface area contributed by atoms with Gasteiger partial charge in [-0.1, -0.05) is 25.7 Å². The first kappa shape index (κ1) is 13.7. The summed E-state index contributed by atoms with van der Waals surface area (Å²) in [5.74, 6) is 0.00465. The summed E-state index contributed by atoms with van der Waals surface area (Å²) in [5.41, 5.74) is 2.90. The summed E-state index contributed by atoms with van der Waals surface area (Å²) < 4.78 is 0. The average molecular weight is 275 g/mol. The molecule has 4 heteroatoms. The van der Waals surface area contributed by atoms with Crippen LogP contribution in [0.2, 0.25) is 0 Å². The number of rotatable bonds is 2. The van der Waals surface area contributed by atoms with E-state index in [4.69, 9.17) is 0 Å². The highest BCUT2D eigenvalue weighted by Gasteiger charge is 2.43. The third kappa shape index (κ3) is 2.25. The molecule has 0 saturated heterocycles. The summed E-state index contributed by atoms with van der Waals surface area (Å²) >= 11 is 0. The van der Waals surface area contributed by atoms with E-state index in [-0.39, 0.29) is 5.91 Å². The van der Waals surface area contributed by atoms with Crippen molar-refractivity contribution in [2.45, 2.75) is 71.3 Å². The lowest BCUT2D eigenvalue weighted by Crippen LogP contribution is -2.48. The van der Waals surface area contributed by atoms with Crippen molar-refractivity contribution < 1.29 is 4.79 Å². The van der Waals surface area contributed by atoms with Crippen molar-refractivity contribution in [1.29, 1.82) is 0 Å². The van der Waals surface area contributed by atoms with E-state index in [1.807, 2.05) is 13.8 Å². The zero-order chi connectivity index (χ0) is 14.2. The van der Waals surface area contributed by atoms with Gasteiger partial charge in [-0.3, -0.25) is 9.89 Å². The lowest BCUT2D eigenvalue weighted by molar-refractivity contribution is 0.0800. The third-order valence-corrected chi connectivity index (χ3v) is 5.53. The Morgan fingerprint density at radius 2 is 1.85 bits per heavy atom. The van der Waals surface area contributed by atoms with E-state index in [9.17, 15) is 4.79 Å². The quantitative estimate of drug-likeness (QED) is 0.870. The van der Waals surface area contributed by atoms with Crippen LogP contribution in [0.3, 0.4) is 0 Å². The number of nitrogens with zero attached hydrogens (tertiary/aromatic N) is 1. The van der Waals surface area contributed by atoms with E-state index in [1.165, 1.54) is 44.9 Å². The minimum atomic E-state index is 0.00465. The first-order chi connectivity index (χ1) is 9.62. The molecule has 3 rings (SSSR count). The van der Waals surface area contributed by atoms with Crippen molar-refractivity contribution >= 4 is 5.91 Å². The van der Waals surface area contributed by atoms with Gasteiger partial charge in [0.15, 0.2) is 5.69 Å². The van der Waals surface area contributed by atoms with Gasteiger partial charge in [-0.05, 0) is 44.9 Å². The molecule has 1 amide bonds. The van der Waals surface area contributed by atoms with Crippen molar-refractivity contribution in [2.75, 3.05) is 0 Å². The Balaban J connectivity index is 1.75. The molecule has 1 heterocycles. The lowest BCUT2D eigenvalue weighted by atomic mass is 9.69. The number of nitrogens with one attached hydrogen (secondary N) is 2. The zero-order valence-corrected chi connectivity index (χ0v) is 12.6. The maximum atomic E-state index is 12.5. The number of aromatic nitrogens is 2. The van der Waals surface area contributed by atoms with Crippen LogP contribution < -0.4 is 5.32 Å². The van der Waals surface area contributed by atoms with Crippen LogP contribution >= 0.6 is 0 Å². The van der Waals surface area contributed by atoms with E-state index in [2.05, 4.69) is 15.5 Å². The summed E-state index contributed by atoms with van der Waals surface area (Å²) in [4.78, 5) is 12.5. The highest BCUT2D eigenvalue weighted by molar-refractivity contribution is 5.94. The summed E-state index contributed by atoms with van der Waals surface area (Å²) in [6, 6.07) is 0.350. The molecule has 20 heavy (non-hydrogen) atoms. The van der Waals surface area contributed by atoms with E-state index >= 15 is 0 Å². The minimum absolute atomic E-state index is 0.00465. The monoisotopic (exact) mass is 275 g/mol. The number of hydrogen-bond acceptors (Lipinski definition) is 2. The van der Waals surface area contributed by atoms with Crippen molar-refractivity contribution in [2.24, 2.45) is 5.41 Å². The van der Waals surface area contributed by atoms with Gasteiger partial charge >= 0.3 is 0 Å². The van der Waals surface area contributed by atoms with Crippen molar-refractivity contribution in [3.63, 3.8) is 0 Å². The molecule has 2 saturated carbocycles. The number of aryl methyl sites for hydroxylation is 1. The zero-order valence-electron chi connectivity index (χ0n) is 12.6. The van der Waals surface area contributed by atoms with Crippen LogP contribution in [0.5, 0.6) is 0 Å². The molecular formula is C16H25N3O. The molecule has 1 atom stereocenters. The summed E-state index contributed by atoms with van der Waals surface area (Å²) in [6.45, 7) is 3.91. The van der Waals surface area contributed by atoms with Gasteiger partial charge in [-0.2, -0.15) is 5.10 Å². The number of carbonyl (C=O) groups excluding carboxylic acids is 1. The minimum Gasteiger partial charge on any atom is -0.347 e. The van der Waals surface area contributed by atoms with Crippen LogP contribution in [0.4, 0.5) is 0 Å². The maximum absolute atomic E-state index is 12.5. The number of carbonyl (C=O) groups is 1. The lowest BCUT2D eigenvalue weighted by Gasteiger charge is -2.42. The Hall–Kier alpha value is -1.32. The summed E-state index contributed by atoms with van der Waals surface area (Å²) in [6.07, 6.45) is 10.2. The van der Waals surface area contributed by atoms with Gasteiger partial charge in [0, 0.05) is 17.3 Å². The molecule has 1 unspecified atom stereocenters. The molecule has 0 aromatic carbocycles. The fraction of sp³-hybridized carbons (Fsp3) is 0.750. The van der Waals surface area contributed by atoms with Crippen LogP contribution in [-0.4, -0.2) is 22.1 Å². The molecule has 2 N–H and O–H groups in total. The summed E-state index contributed by atoms with van der Waals surface area (Å²) in [7, 11) is 0. The van der Waals surface area contributed by atoms with Gasteiger partial charge in [0.2, 0.25) is 0 Å². The molecule has 1 aromatic heterocycles. The molecule has 0 aliphatic heterocycles. The first-order valence-corrected chi connectivity index (χ1v) is 7.95. The molecule has 2 aliphatic carbocycles. The van der Waals surface area contributed by atoms with Crippen molar-refractivity contribution in [3.05, 3.63) is 17.0 Å². The molecule has 2 aliphatic rings. The number of H-pyrrole nitrogens is 1. The van der Waals surface area contributed by atoms with Crippen LogP contribution in [0.25, 0.3) is 0 Å². The Bertz CT molecular complexity index is 500. The standard InChI is InChI=1S/C16H25N3O/c1-11-12(2)18-19-14(11)15(20)17-13-7-3-4-8-16(13)9-5-6-10-16/h13H,3-10H2,1-2H3,(H,17,20)(H,18,19). The second-order valence-corrected chi connectivity index (χ2v) is 6.66. The van der Waals surface area contributed by atoms with E-state index in [0.29, 0.717) is 17.2 Å². The van der Waals surface area contributed by atoms with E-state index in [1.54, 1.807) is 0 Å². The highest BCUT2D eigenvalue weighted by atomic mass is 16.2. The third-order valence-electron chi connectivity index (χ3n) is 5.53. The Morgan fingerprint density at radius 3 is 2.45 bits per heavy atom.